The molecule has 7 heteroatoms. The van der Waals surface area contributed by atoms with Gasteiger partial charge >= 0.3 is 6.09 Å². The van der Waals surface area contributed by atoms with Gasteiger partial charge in [-0.15, -0.1) is 0 Å². The van der Waals surface area contributed by atoms with Gasteiger partial charge in [0.25, 0.3) is 0 Å². The first-order valence-electron chi connectivity index (χ1n) is 8.71. The van der Waals surface area contributed by atoms with Crippen LogP contribution in [0, 0.1) is 0 Å². The third kappa shape index (κ3) is 4.86. The smallest absolute Gasteiger partial charge is 0.411 e. The fourth-order valence-electron chi connectivity index (χ4n) is 2.90. The zero-order valence-corrected chi connectivity index (χ0v) is 14.9. The number of pyridine rings is 1. The maximum absolute atomic E-state index is 11.9. The lowest BCUT2D eigenvalue weighted by Crippen LogP contribution is -2.47. The molecule has 0 saturated carbocycles. The number of rotatable bonds is 6. The van der Waals surface area contributed by atoms with E-state index in [0.29, 0.717) is 18.0 Å². The highest BCUT2D eigenvalue weighted by atomic mass is 16.5. The van der Waals surface area contributed by atoms with Gasteiger partial charge in [0.1, 0.15) is 18.2 Å². The van der Waals surface area contributed by atoms with E-state index in [1.807, 2.05) is 36.5 Å². The first kappa shape index (κ1) is 18.0. The molecule has 1 aromatic carbocycles. The summed E-state index contributed by atoms with van der Waals surface area (Å²) in [4.78, 5) is 20.9. The van der Waals surface area contributed by atoms with Gasteiger partial charge in [-0.05, 0) is 24.3 Å². The molecule has 0 spiro atoms. The number of carbonyl (C=O) groups is 1. The maximum atomic E-state index is 11.9. The van der Waals surface area contributed by atoms with E-state index in [4.69, 9.17) is 9.47 Å². The lowest BCUT2D eigenvalue weighted by atomic mass is 10.3. The van der Waals surface area contributed by atoms with E-state index in [0.717, 1.165) is 38.5 Å². The van der Waals surface area contributed by atoms with Gasteiger partial charge in [0.05, 0.1) is 12.8 Å². The molecule has 0 bridgehead atoms. The molecule has 2 heterocycles. The monoisotopic (exact) mass is 356 g/mol. The van der Waals surface area contributed by atoms with Gasteiger partial charge in [0.15, 0.2) is 0 Å². The standard InChI is InChI=1S/C19H24N4O3/c1-25-17-7-3-2-6-16(17)21-19(24)26-15-14-22-10-12-23(13-11-22)18-8-4-5-9-20-18/h2-9H,10-15H2,1H3,(H,21,24). The Hall–Kier alpha value is -2.80. The summed E-state index contributed by atoms with van der Waals surface area (Å²) in [6, 6.07) is 13.2. The number of carbonyl (C=O) groups excluding carboxylic acids is 1. The normalized spacial score (nSPS) is 14.7. The minimum absolute atomic E-state index is 0.352. The molecule has 138 valence electrons. The predicted octanol–water partition coefficient (Wildman–Crippen LogP) is 2.46. The zero-order valence-electron chi connectivity index (χ0n) is 14.9. The highest BCUT2D eigenvalue weighted by Crippen LogP contribution is 2.23. The van der Waals surface area contributed by atoms with Crippen molar-refractivity contribution >= 4 is 17.6 Å². The first-order valence-corrected chi connectivity index (χ1v) is 8.71. The summed E-state index contributed by atoms with van der Waals surface area (Å²) in [7, 11) is 1.57. The predicted molar refractivity (Wildman–Crippen MR) is 101 cm³/mol. The number of piperazine rings is 1. The van der Waals surface area contributed by atoms with E-state index in [1.54, 1.807) is 19.2 Å². The topological polar surface area (TPSA) is 66.9 Å². The van der Waals surface area contributed by atoms with Crippen LogP contribution in [0.1, 0.15) is 0 Å². The second-order valence-corrected chi connectivity index (χ2v) is 5.98. The lowest BCUT2D eigenvalue weighted by Gasteiger charge is -2.35. The maximum Gasteiger partial charge on any atom is 0.411 e. The van der Waals surface area contributed by atoms with Crippen molar-refractivity contribution in [1.29, 1.82) is 0 Å². The van der Waals surface area contributed by atoms with E-state index in [1.165, 1.54) is 0 Å². The molecule has 1 saturated heterocycles. The van der Waals surface area contributed by atoms with Crippen LogP contribution in [0.5, 0.6) is 5.75 Å². The van der Waals surface area contributed by atoms with Crippen LogP contribution in [-0.2, 0) is 4.74 Å². The van der Waals surface area contributed by atoms with Crippen LogP contribution < -0.4 is 15.0 Å². The third-order valence-corrected chi connectivity index (χ3v) is 4.33. The Balaban J connectivity index is 1.37. The third-order valence-electron chi connectivity index (χ3n) is 4.33. The van der Waals surface area contributed by atoms with E-state index in [9.17, 15) is 4.79 Å². The van der Waals surface area contributed by atoms with Gasteiger partial charge in [-0.1, -0.05) is 18.2 Å². The number of ether oxygens (including phenoxy) is 2. The molecule has 1 aliphatic heterocycles. The Kier molecular flexibility index (Phi) is 6.27. The van der Waals surface area contributed by atoms with Crippen molar-refractivity contribution in [3.63, 3.8) is 0 Å². The number of amides is 1. The van der Waals surface area contributed by atoms with E-state index in [-0.39, 0.29) is 0 Å². The Bertz CT molecular complexity index is 703. The van der Waals surface area contributed by atoms with Gasteiger partial charge < -0.3 is 14.4 Å². The van der Waals surface area contributed by atoms with Gasteiger partial charge in [-0.3, -0.25) is 10.2 Å². The van der Waals surface area contributed by atoms with Crippen molar-refractivity contribution in [2.45, 2.75) is 0 Å². The summed E-state index contributed by atoms with van der Waals surface area (Å²) >= 11 is 0. The Morgan fingerprint density at radius 1 is 1.12 bits per heavy atom. The van der Waals surface area contributed by atoms with Crippen LogP contribution in [0.3, 0.4) is 0 Å². The number of nitrogens with one attached hydrogen (secondary N) is 1. The molecule has 1 fully saturated rings. The minimum Gasteiger partial charge on any atom is -0.495 e. The van der Waals surface area contributed by atoms with Crippen LogP contribution in [0.25, 0.3) is 0 Å². The molecular weight excluding hydrogens is 332 g/mol. The fourth-order valence-corrected chi connectivity index (χ4v) is 2.90. The van der Waals surface area contributed by atoms with Gasteiger partial charge in [-0.2, -0.15) is 0 Å². The quantitative estimate of drug-likeness (QED) is 0.858. The molecule has 0 unspecified atom stereocenters. The molecule has 1 N–H and O–H groups in total. The largest absolute Gasteiger partial charge is 0.495 e. The number of benzene rings is 1. The van der Waals surface area contributed by atoms with Crippen LogP contribution >= 0.6 is 0 Å². The summed E-state index contributed by atoms with van der Waals surface area (Å²) in [6.45, 7) is 4.76. The molecule has 1 aliphatic rings. The second kappa shape index (κ2) is 9.05. The number of methoxy groups -OCH3 is 1. The van der Waals surface area contributed by atoms with Gasteiger partial charge in [0.2, 0.25) is 0 Å². The van der Waals surface area contributed by atoms with Crippen molar-refractivity contribution in [2.75, 3.05) is 56.7 Å². The summed E-state index contributed by atoms with van der Waals surface area (Å²) in [5.41, 5.74) is 0.601. The zero-order chi connectivity index (χ0) is 18.2. The first-order chi connectivity index (χ1) is 12.8. The Labute approximate surface area is 153 Å². The van der Waals surface area contributed by atoms with Crippen molar-refractivity contribution in [3.05, 3.63) is 48.7 Å². The molecule has 1 aromatic heterocycles. The summed E-state index contributed by atoms with van der Waals surface area (Å²) < 4.78 is 10.5. The molecule has 0 aliphatic carbocycles. The van der Waals surface area contributed by atoms with Crippen molar-refractivity contribution in [1.82, 2.24) is 9.88 Å². The number of para-hydroxylation sites is 2. The van der Waals surface area contributed by atoms with Crippen LogP contribution in [0.2, 0.25) is 0 Å². The van der Waals surface area contributed by atoms with Crippen LogP contribution in [-0.4, -0.2) is 62.4 Å². The molecule has 26 heavy (non-hydrogen) atoms. The van der Waals surface area contributed by atoms with Crippen molar-refractivity contribution in [2.24, 2.45) is 0 Å². The van der Waals surface area contributed by atoms with Gasteiger partial charge in [0, 0.05) is 38.9 Å². The summed E-state index contributed by atoms with van der Waals surface area (Å²) in [5, 5.41) is 2.71. The average Bonchev–Trinajstić information content (AvgIpc) is 2.69. The van der Waals surface area contributed by atoms with Crippen LogP contribution in [0.4, 0.5) is 16.3 Å². The van der Waals surface area contributed by atoms with E-state index < -0.39 is 6.09 Å². The highest BCUT2D eigenvalue weighted by Gasteiger charge is 2.18. The number of anilines is 2. The second-order valence-electron chi connectivity index (χ2n) is 5.98. The highest BCUT2D eigenvalue weighted by molar-refractivity contribution is 5.86. The minimum atomic E-state index is -0.471. The Morgan fingerprint density at radius 3 is 2.62 bits per heavy atom. The number of nitrogens with zero attached hydrogens (tertiary/aromatic N) is 3. The molecular formula is C19H24N4O3. The van der Waals surface area contributed by atoms with Gasteiger partial charge in [-0.25, -0.2) is 9.78 Å². The lowest BCUT2D eigenvalue weighted by molar-refractivity contribution is 0.137. The molecule has 0 radical (unpaired) electrons. The molecule has 3 rings (SSSR count). The average molecular weight is 356 g/mol. The van der Waals surface area contributed by atoms with E-state index in [2.05, 4.69) is 20.1 Å². The number of hydrogen-bond donors (Lipinski definition) is 1. The molecule has 7 nitrogen and oxygen atoms in total. The van der Waals surface area contributed by atoms with E-state index >= 15 is 0 Å². The SMILES string of the molecule is COc1ccccc1NC(=O)OCCN1CCN(c2ccccn2)CC1. The summed E-state index contributed by atoms with van der Waals surface area (Å²) in [6.07, 6.45) is 1.34. The molecule has 2 aromatic rings. The van der Waals surface area contributed by atoms with Crippen LogP contribution in [0.15, 0.2) is 48.7 Å². The molecule has 1 amide bonds. The number of hydrogen-bond acceptors (Lipinski definition) is 6. The fraction of sp³-hybridized carbons (Fsp3) is 0.368. The van der Waals surface area contributed by atoms with Crippen molar-refractivity contribution < 1.29 is 14.3 Å². The molecule has 0 atom stereocenters. The summed E-state index contributed by atoms with van der Waals surface area (Å²) in [5.74, 6) is 1.62. The Morgan fingerprint density at radius 2 is 1.88 bits per heavy atom. The number of aromatic nitrogens is 1. The van der Waals surface area contributed by atoms with Crippen molar-refractivity contribution in [3.8, 4) is 5.75 Å².